The minimum atomic E-state index is -0.355. The molecule has 1 aromatic heterocycles. The number of hydrogen-bond acceptors (Lipinski definition) is 7. The van der Waals surface area contributed by atoms with Gasteiger partial charge in [-0.2, -0.15) is 0 Å². The molecule has 0 saturated carbocycles. The third-order valence-electron chi connectivity index (χ3n) is 4.63. The van der Waals surface area contributed by atoms with Gasteiger partial charge in [-0.3, -0.25) is 0 Å². The molecule has 8 nitrogen and oxygen atoms in total. The fourth-order valence-corrected chi connectivity index (χ4v) is 2.86. The van der Waals surface area contributed by atoms with Gasteiger partial charge in [0.05, 0.1) is 6.04 Å². The molecule has 0 bridgehead atoms. The number of hydrogen-bond donors (Lipinski definition) is 1. The lowest BCUT2D eigenvalue weighted by Crippen LogP contribution is -2.41. The average molecular weight is 373 g/mol. The highest BCUT2D eigenvalue weighted by molar-refractivity contribution is 5.09. The normalized spacial score (nSPS) is 15.2. The molecule has 1 rings (SSSR count). The summed E-state index contributed by atoms with van der Waals surface area (Å²) in [5.74, 6) is 2.20. The molecule has 152 valence electrons. The predicted molar refractivity (Wildman–Crippen MR) is 101 cm³/mol. The maximum Gasteiger partial charge on any atom is 0.178 e. The van der Waals surface area contributed by atoms with Crippen molar-refractivity contribution in [3.63, 3.8) is 0 Å². The minimum Gasteiger partial charge on any atom is -0.385 e. The Kier molecular flexibility index (Phi) is 10.7. The van der Waals surface area contributed by atoms with Crippen molar-refractivity contribution in [2.45, 2.75) is 64.2 Å². The zero-order valence-corrected chi connectivity index (χ0v) is 17.3. The fraction of sp³-hybridized carbons (Fsp3) is 0.889. The Morgan fingerprint density at radius 1 is 0.885 bits per heavy atom. The lowest BCUT2D eigenvalue weighted by Gasteiger charge is -2.28. The quantitative estimate of drug-likeness (QED) is 0.503. The van der Waals surface area contributed by atoms with Crippen molar-refractivity contribution in [3.8, 4) is 0 Å². The van der Waals surface area contributed by atoms with Crippen LogP contribution in [0.1, 0.15) is 63.5 Å². The van der Waals surface area contributed by atoms with Gasteiger partial charge in [-0.1, -0.05) is 20.8 Å². The lowest BCUT2D eigenvalue weighted by molar-refractivity contribution is -0.114. The highest BCUT2D eigenvalue weighted by atomic mass is 16.7. The predicted octanol–water partition coefficient (Wildman–Crippen LogP) is 2.50. The Bertz CT molecular complexity index is 462. The standard InChI is InChI=1S/C18H36N4O4/c1-8-15(18(25-6)26-7)21-22-16(13(2)9-11-23-4)19-20-17(22)14(3)10-12-24-5/h13-15,18,21H,8-12H2,1-7H3/t13-,14-,15?/m0/s1. The van der Waals surface area contributed by atoms with Crippen molar-refractivity contribution in [1.82, 2.24) is 14.9 Å². The van der Waals surface area contributed by atoms with Crippen LogP contribution in [-0.2, 0) is 18.9 Å². The summed E-state index contributed by atoms with van der Waals surface area (Å²) in [6, 6.07) is -0.0252. The van der Waals surface area contributed by atoms with E-state index in [2.05, 4.69) is 36.4 Å². The Hall–Kier alpha value is -1.22. The third kappa shape index (κ3) is 6.19. The lowest BCUT2D eigenvalue weighted by atomic mass is 10.1. The van der Waals surface area contributed by atoms with E-state index >= 15 is 0 Å². The summed E-state index contributed by atoms with van der Waals surface area (Å²) in [7, 11) is 6.72. The largest absolute Gasteiger partial charge is 0.385 e. The highest BCUT2D eigenvalue weighted by Gasteiger charge is 2.26. The molecule has 0 aromatic carbocycles. The number of methoxy groups -OCH3 is 4. The molecule has 1 aromatic rings. The molecule has 1 unspecified atom stereocenters. The zero-order valence-electron chi connectivity index (χ0n) is 17.3. The highest BCUT2D eigenvalue weighted by Crippen LogP contribution is 2.23. The molecule has 0 aliphatic heterocycles. The fourth-order valence-electron chi connectivity index (χ4n) is 2.86. The molecule has 1 heterocycles. The summed E-state index contributed by atoms with van der Waals surface area (Å²) >= 11 is 0. The Morgan fingerprint density at radius 2 is 1.35 bits per heavy atom. The number of nitrogens with one attached hydrogen (secondary N) is 1. The van der Waals surface area contributed by atoms with Crippen LogP contribution in [-0.4, -0.2) is 68.9 Å². The van der Waals surface area contributed by atoms with Crippen molar-refractivity contribution in [2.24, 2.45) is 0 Å². The van der Waals surface area contributed by atoms with Gasteiger partial charge in [-0.05, 0) is 19.3 Å². The smallest absolute Gasteiger partial charge is 0.178 e. The van der Waals surface area contributed by atoms with Crippen molar-refractivity contribution < 1.29 is 18.9 Å². The van der Waals surface area contributed by atoms with Gasteiger partial charge < -0.3 is 24.4 Å². The second-order valence-corrected chi connectivity index (χ2v) is 6.60. The molecule has 0 amide bonds. The second-order valence-electron chi connectivity index (χ2n) is 6.60. The molecule has 0 aliphatic rings. The summed E-state index contributed by atoms with van der Waals surface area (Å²) in [5.41, 5.74) is 3.52. The molecule has 0 saturated heterocycles. The van der Waals surface area contributed by atoms with E-state index in [4.69, 9.17) is 18.9 Å². The SMILES string of the molecule is CCC(Nn1c([C@@H](C)CCOC)nnc1[C@@H](C)CCOC)C(OC)OC. The van der Waals surface area contributed by atoms with Crippen molar-refractivity contribution in [2.75, 3.05) is 47.1 Å². The Labute approximate surface area is 157 Å². The van der Waals surface area contributed by atoms with Crippen LogP contribution < -0.4 is 5.43 Å². The van der Waals surface area contributed by atoms with Crippen LogP contribution in [0, 0.1) is 0 Å². The van der Waals surface area contributed by atoms with E-state index in [0.29, 0.717) is 13.2 Å². The Balaban J connectivity index is 3.13. The first-order valence-electron chi connectivity index (χ1n) is 9.29. The number of nitrogens with zero attached hydrogens (tertiary/aromatic N) is 3. The van der Waals surface area contributed by atoms with Gasteiger partial charge in [0, 0.05) is 53.5 Å². The molecule has 1 N–H and O–H groups in total. The average Bonchev–Trinajstić information content (AvgIpc) is 3.07. The van der Waals surface area contributed by atoms with E-state index in [1.54, 1.807) is 28.4 Å². The summed E-state index contributed by atoms with van der Waals surface area (Å²) in [4.78, 5) is 0. The first kappa shape index (κ1) is 22.8. The van der Waals surface area contributed by atoms with E-state index < -0.39 is 0 Å². The molecule has 0 spiro atoms. The molecular formula is C18H36N4O4. The molecule has 26 heavy (non-hydrogen) atoms. The van der Waals surface area contributed by atoms with E-state index in [0.717, 1.165) is 30.9 Å². The molecule has 0 aliphatic carbocycles. The molecule has 0 radical (unpaired) electrons. The molecule has 8 heteroatoms. The van der Waals surface area contributed by atoms with Gasteiger partial charge in [-0.15, -0.1) is 10.2 Å². The zero-order chi connectivity index (χ0) is 19.5. The number of aromatic nitrogens is 3. The monoisotopic (exact) mass is 372 g/mol. The van der Waals surface area contributed by atoms with Crippen LogP contribution in [0.15, 0.2) is 0 Å². The van der Waals surface area contributed by atoms with Gasteiger partial charge in [-0.25, -0.2) is 4.68 Å². The maximum absolute atomic E-state index is 5.45. The van der Waals surface area contributed by atoms with Crippen LogP contribution in [0.2, 0.25) is 0 Å². The Morgan fingerprint density at radius 3 is 1.69 bits per heavy atom. The van der Waals surface area contributed by atoms with Crippen LogP contribution in [0.3, 0.4) is 0 Å². The van der Waals surface area contributed by atoms with Gasteiger partial charge in [0.25, 0.3) is 0 Å². The molecule has 3 atom stereocenters. The number of ether oxygens (including phenoxy) is 4. The summed E-state index contributed by atoms with van der Waals surface area (Å²) in [6.45, 7) is 7.72. The van der Waals surface area contributed by atoms with Crippen LogP contribution in [0.4, 0.5) is 0 Å². The summed E-state index contributed by atoms with van der Waals surface area (Å²) in [6.07, 6.45) is 2.23. The van der Waals surface area contributed by atoms with Gasteiger partial charge in [0.15, 0.2) is 17.9 Å². The van der Waals surface area contributed by atoms with E-state index in [1.807, 2.05) is 4.68 Å². The topological polar surface area (TPSA) is 79.7 Å². The summed E-state index contributed by atoms with van der Waals surface area (Å²) < 4.78 is 23.4. The van der Waals surface area contributed by atoms with Crippen LogP contribution >= 0.6 is 0 Å². The molecule has 0 fully saturated rings. The van der Waals surface area contributed by atoms with Gasteiger partial charge >= 0.3 is 0 Å². The second kappa shape index (κ2) is 12.2. The minimum absolute atomic E-state index is 0.0252. The van der Waals surface area contributed by atoms with Gasteiger partial charge in [0.1, 0.15) is 0 Å². The summed E-state index contributed by atoms with van der Waals surface area (Å²) in [5, 5.41) is 8.94. The third-order valence-corrected chi connectivity index (χ3v) is 4.63. The van der Waals surface area contributed by atoms with Crippen molar-refractivity contribution in [3.05, 3.63) is 11.6 Å². The number of rotatable bonds is 14. The van der Waals surface area contributed by atoms with Gasteiger partial charge in [0.2, 0.25) is 0 Å². The van der Waals surface area contributed by atoms with Crippen LogP contribution in [0.5, 0.6) is 0 Å². The first-order chi connectivity index (χ1) is 12.5. The van der Waals surface area contributed by atoms with Crippen molar-refractivity contribution >= 4 is 0 Å². The van der Waals surface area contributed by atoms with Crippen molar-refractivity contribution in [1.29, 1.82) is 0 Å². The van der Waals surface area contributed by atoms with E-state index in [9.17, 15) is 0 Å². The van der Waals surface area contributed by atoms with E-state index in [1.165, 1.54) is 0 Å². The first-order valence-corrected chi connectivity index (χ1v) is 9.29. The van der Waals surface area contributed by atoms with E-state index in [-0.39, 0.29) is 24.2 Å². The molecular weight excluding hydrogens is 336 g/mol. The van der Waals surface area contributed by atoms with Crippen LogP contribution in [0.25, 0.3) is 0 Å². The maximum atomic E-state index is 5.45.